The van der Waals surface area contributed by atoms with Crippen molar-refractivity contribution in [1.29, 1.82) is 0 Å². The second-order valence-corrected chi connectivity index (χ2v) is 9.32. The van der Waals surface area contributed by atoms with E-state index in [2.05, 4.69) is 41.5 Å². The zero-order chi connectivity index (χ0) is 20.9. The molecule has 9 heteroatoms. The first-order valence-corrected chi connectivity index (χ1v) is 11.1. The molecule has 0 aromatic carbocycles. The first-order valence-electron chi connectivity index (χ1n) is 11.1. The van der Waals surface area contributed by atoms with Crippen molar-refractivity contribution in [1.82, 2.24) is 25.0 Å². The van der Waals surface area contributed by atoms with Gasteiger partial charge in [0.2, 0.25) is 0 Å². The van der Waals surface area contributed by atoms with Gasteiger partial charge in [-0.05, 0) is 37.5 Å². The second-order valence-electron chi connectivity index (χ2n) is 9.32. The number of aliphatic imine (C=N–C) groups is 1. The fourth-order valence-corrected chi connectivity index (χ4v) is 4.49. The van der Waals surface area contributed by atoms with E-state index in [9.17, 15) is 4.79 Å². The van der Waals surface area contributed by atoms with Gasteiger partial charge in [0.1, 0.15) is 5.82 Å². The van der Waals surface area contributed by atoms with E-state index >= 15 is 0 Å². The van der Waals surface area contributed by atoms with Gasteiger partial charge in [0.25, 0.3) is 0 Å². The maximum Gasteiger partial charge on any atom is 0.345 e. The fourth-order valence-electron chi connectivity index (χ4n) is 4.49. The van der Waals surface area contributed by atoms with Crippen molar-refractivity contribution < 1.29 is 4.74 Å². The molecule has 0 saturated carbocycles. The SMILES string of the molecule is CN=C(NCCCn1nc2n(c1=O)CCCC2)NCC1CCCOC1C(C)(C)C.I. The van der Waals surface area contributed by atoms with E-state index in [4.69, 9.17) is 4.74 Å². The molecule has 8 nitrogen and oxygen atoms in total. The molecule has 0 aliphatic carbocycles. The van der Waals surface area contributed by atoms with Crippen molar-refractivity contribution in [2.24, 2.45) is 16.3 Å². The summed E-state index contributed by atoms with van der Waals surface area (Å²) < 4.78 is 9.52. The molecule has 3 heterocycles. The van der Waals surface area contributed by atoms with Gasteiger partial charge >= 0.3 is 5.69 Å². The van der Waals surface area contributed by atoms with Crippen molar-refractivity contribution >= 4 is 29.9 Å². The van der Waals surface area contributed by atoms with Crippen LogP contribution in [0, 0.1) is 11.3 Å². The molecule has 1 aromatic heterocycles. The minimum Gasteiger partial charge on any atom is -0.377 e. The van der Waals surface area contributed by atoms with Gasteiger partial charge in [-0.25, -0.2) is 9.48 Å². The van der Waals surface area contributed by atoms with Crippen molar-refractivity contribution in [3.63, 3.8) is 0 Å². The monoisotopic (exact) mass is 534 g/mol. The maximum absolute atomic E-state index is 12.4. The number of hydrogen-bond acceptors (Lipinski definition) is 4. The van der Waals surface area contributed by atoms with E-state index in [1.165, 1.54) is 6.42 Å². The third kappa shape index (κ3) is 6.45. The van der Waals surface area contributed by atoms with Gasteiger partial charge in [-0.15, -0.1) is 24.0 Å². The Labute approximate surface area is 197 Å². The molecular weight excluding hydrogens is 495 g/mol. The smallest absolute Gasteiger partial charge is 0.345 e. The molecule has 1 fully saturated rings. The van der Waals surface area contributed by atoms with E-state index in [1.807, 2.05) is 4.57 Å². The van der Waals surface area contributed by atoms with E-state index in [-0.39, 0.29) is 41.2 Å². The summed E-state index contributed by atoms with van der Waals surface area (Å²) in [6.07, 6.45) is 6.51. The molecule has 2 aliphatic heterocycles. The highest BCUT2D eigenvalue weighted by atomic mass is 127. The summed E-state index contributed by atoms with van der Waals surface area (Å²) in [5.74, 6) is 2.23. The lowest BCUT2D eigenvalue weighted by molar-refractivity contribution is -0.0835. The second kappa shape index (κ2) is 11.5. The highest BCUT2D eigenvalue weighted by Crippen LogP contribution is 2.33. The van der Waals surface area contributed by atoms with Gasteiger partial charge < -0.3 is 15.4 Å². The van der Waals surface area contributed by atoms with Crippen LogP contribution in [0.2, 0.25) is 0 Å². The Morgan fingerprint density at radius 1 is 1.27 bits per heavy atom. The number of halogens is 1. The van der Waals surface area contributed by atoms with Gasteiger partial charge in [0.05, 0.1) is 6.10 Å². The van der Waals surface area contributed by atoms with Crippen LogP contribution in [0.15, 0.2) is 9.79 Å². The molecule has 0 spiro atoms. The third-order valence-electron chi connectivity index (χ3n) is 5.92. The Hall–Kier alpha value is -1.10. The molecule has 2 atom stereocenters. The van der Waals surface area contributed by atoms with Gasteiger partial charge in [0, 0.05) is 52.2 Å². The molecule has 2 unspecified atom stereocenters. The molecule has 0 bridgehead atoms. The van der Waals surface area contributed by atoms with E-state index in [0.717, 1.165) is 70.1 Å². The number of hydrogen-bond donors (Lipinski definition) is 2. The van der Waals surface area contributed by atoms with Crippen molar-refractivity contribution in [2.75, 3.05) is 26.7 Å². The molecule has 2 aliphatic rings. The highest BCUT2D eigenvalue weighted by Gasteiger charge is 2.35. The van der Waals surface area contributed by atoms with E-state index in [0.29, 0.717) is 12.5 Å². The molecule has 172 valence electrons. The van der Waals surface area contributed by atoms with Crippen LogP contribution in [-0.2, 0) is 24.2 Å². The maximum atomic E-state index is 12.4. The first-order chi connectivity index (χ1) is 13.9. The molecule has 0 radical (unpaired) electrons. The number of aryl methyl sites for hydroxylation is 2. The summed E-state index contributed by atoms with van der Waals surface area (Å²) in [6.45, 7) is 10.7. The van der Waals surface area contributed by atoms with Gasteiger partial charge in [-0.1, -0.05) is 20.8 Å². The Kier molecular flexibility index (Phi) is 9.65. The largest absolute Gasteiger partial charge is 0.377 e. The quantitative estimate of drug-likeness (QED) is 0.254. The number of rotatable bonds is 6. The Morgan fingerprint density at radius 2 is 2.07 bits per heavy atom. The van der Waals surface area contributed by atoms with Crippen LogP contribution in [0.5, 0.6) is 0 Å². The van der Waals surface area contributed by atoms with Gasteiger partial charge in [0.15, 0.2) is 5.96 Å². The number of nitrogens with zero attached hydrogens (tertiary/aromatic N) is 4. The van der Waals surface area contributed by atoms with Crippen LogP contribution in [0.1, 0.15) is 58.7 Å². The summed E-state index contributed by atoms with van der Waals surface area (Å²) in [4.78, 5) is 16.7. The number of nitrogens with one attached hydrogen (secondary N) is 2. The lowest BCUT2D eigenvalue weighted by Gasteiger charge is -2.40. The lowest BCUT2D eigenvalue weighted by Crippen LogP contribution is -2.47. The Morgan fingerprint density at radius 3 is 2.77 bits per heavy atom. The summed E-state index contributed by atoms with van der Waals surface area (Å²) in [5, 5.41) is 11.3. The molecule has 3 rings (SSSR count). The molecule has 30 heavy (non-hydrogen) atoms. The molecule has 0 amide bonds. The van der Waals surface area contributed by atoms with Crippen LogP contribution < -0.4 is 16.3 Å². The zero-order valence-electron chi connectivity index (χ0n) is 18.9. The normalized spacial score (nSPS) is 22.2. The van der Waals surface area contributed by atoms with Gasteiger partial charge in [-0.2, -0.15) is 5.10 Å². The minimum absolute atomic E-state index is 0. The predicted molar refractivity (Wildman–Crippen MR) is 131 cm³/mol. The lowest BCUT2D eigenvalue weighted by atomic mass is 9.78. The third-order valence-corrected chi connectivity index (χ3v) is 5.92. The average molecular weight is 534 g/mol. The van der Waals surface area contributed by atoms with Crippen LogP contribution in [0.3, 0.4) is 0 Å². The first kappa shape index (κ1) is 25.2. The standard InChI is InChI=1S/C21H38N6O2.HI/c1-21(2,3)18-16(9-7-14-29-18)15-24-19(22-4)23-11-8-13-27-20(28)26-12-6-5-10-17(26)25-27;/h16,18H,5-15H2,1-4H3,(H2,22,23,24);1H. The van der Waals surface area contributed by atoms with Crippen molar-refractivity contribution in [3.8, 4) is 0 Å². The summed E-state index contributed by atoms with van der Waals surface area (Å²) >= 11 is 0. The van der Waals surface area contributed by atoms with Crippen LogP contribution in [0.25, 0.3) is 0 Å². The van der Waals surface area contributed by atoms with Crippen molar-refractivity contribution in [2.45, 2.75) is 78.5 Å². The van der Waals surface area contributed by atoms with Crippen LogP contribution in [-0.4, -0.2) is 53.2 Å². The topological polar surface area (TPSA) is 85.5 Å². The Bertz CT molecular complexity index is 752. The fraction of sp³-hybridized carbons (Fsp3) is 0.857. The van der Waals surface area contributed by atoms with E-state index < -0.39 is 0 Å². The van der Waals surface area contributed by atoms with E-state index in [1.54, 1.807) is 11.7 Å². The minimum atomic E-state index is 0. The molecular formula is C21H39IN6O2. The predicted octanol–water partition coefficient (Wildman–Crippen LogP) is 2.40. The summed E-state index contributed by atoms with van der Waals surface area (Å²) in [6, 6.07) is 0. The Balaban J connectivity index is 0.00000320. The number of guanidine groups is 1. The molecule has 1 aromatic rings. The van der Waals surface area contributed by atoms with Crippen molar-refractivity contribution in [3.05, 3.63) is 16.3 Å². The highest BCUT2D eigenvalue weighted by molar-refractivity contribution is 14.0. The average Bonchev–Trinajstić information content (AvgIpc) is 3.03. The summed E-state index contributed by atoms with van der Waals surface area (Å²) in [5.41, 5.74) is 0.175. The van der Waals surface area contributed by atoms with Gasteiger partial charge in [-0.3, -0.25) is 9.56 Å². The number of aromatic nitrogens is 3. The number of ether oxygens (including phenoxy) is 1. The van der Waals surface area contributed by atoms with Crippen LogP contribution in [0.4, 0.5) is 0 Å². The zero-order valence-corrected chi connectivity index (χ0v) is 21.3. The molecule has 1 saturated heterocycles. The molecule has 2 N–H and O–H groups in total. The number of fused-ring (bicyclic) bond motifs is 1. The van der Waals surface area contributed by atoms with Crippen LogP contribution >= 0.6 is 24.0 Å². The summed E-state index contributed by atoms with van der Waals surface area (Å²) in [7, 11) is 1.79.